The van der Waals surface area contributed by atoms with Crippen molar-refractivity contribution in [3.8, 4) is 0 Å². The Morgan fingerprint density at radius 1 is 1.15 bits per heavy atom. The van der Waals surface area contributed by atoms with Crippen LogP contribution in [0, 0.1) is 0 Å². The summed E-state index contributed by atoms with van der Waals surface area (Å²) in [6.07, 6.45) is 5.44. The lowest BCUT2D eigenvalue weighted by atomic mass is 10.2. The van der Waals surface area contributed by atoms with E-state index in [0.717, 1.165) is 26.1 Å². The van der Waals surface area contributed by atoms with E-state index in [1.807, 2.05) is 0 Å². The van der Waals surface area contributed by atoms with Crippen molar-refractivity contribution in [2.45, 2.75) is 52.6 Å². The van der Waals surface area contributed by atoms with E-state index in [9.17, 15) is 0 Å². The third kappa shape index (κ3) is 9.84. The average molecular weight is 187 g/mol. The van der Waals surface area contributed by atoms with E-state index < -0.39 is 0 Å². The maximum absolute atomic E-state index is 5.54. The maximum Gasteiger partial charge on any atom is 0.0594 e. The Morgan fingerprint density at radius 3 is 2.54 bits per heavy atom. The van der Waals surface area contributed by atoms with Gasteiger partial charge in [-0.3, -0.25) is 0 Å². The van der Waals surface area contributed by atoms with E-state index in [4.69, 9.17) is 4.74 Å². The normalized spacial score (nSPS) is 13.2. The molecule has 0 unspecified atom stereocenters. The highest BCUT2D eigenvalue weighted by atomic mass is 16.5. The molecular formula is C11H25NO. The summed E-state index contributed by atoms with van der Waals surface area (Å²) < 4.78 is 5.54. The van der Waals surface area contributed by atoms with Crippen molar-refractivity contribution in [1.82, 2.24) is 5.32 Å². The van der Waals surface area contributed by atoms with Gasteiger partial charge in [-0.05, 0) is 26.3 Å². The highest BCUT2D eigenvalue weighted by Crippen LogP contribution is 1.94. The fraction of sp³-hybridized carbons (Fsp3) is 1.00. The van der Waals surface area contributed by atoms with Crippen LogP contribution in [0.5, 0.6) is 0 Å². The molecule has 0 aromatic carbocycles. The zero-order valence-electron chi connectivity index (χ0n) is 9.44. The van der Waals surface area contributed by atoms with Crippen LogP contribution in [0.4, 0.5) is 0 Å². The smallest absolute Gasteiger partial charge is 0.0594 e. The van der Waals surface area contributed by atoms with E-state index in [1.54, 1.807) is 0 Å². The molecule has 0 fully saturated rings. The Kier molecular flexibility index (Phi) is 9.94. The van der Waals surface area contributed by atoms with Gasteiger partial charge in [0.05, 0.1) is 12.7 Å². The van der Waals surface area contributed by atoms with Crippen molar-refractivity contribution < 1.29 is 4.74 Å². The number of nitrogens with one attached hydrogen (secondary N) is 1. The first-order valence-electron chi connectivity index (χ1n) is 5.63. The molecule has 0 saturated carbocycles. The first-order valence-corrected chi connectivity index (χ1v) is 5.63. The summed E-state index contributed by atoms with van der Waals surface area (Å²) in [5.41, 5.74) is 0. The lowest BCUT2D eigenvalue weighted by molar-refractivity contribution is 0.0657. The molecule has 0 aromatic rings. The van der Waals surface area contributed by atoms with Gasteiger partial charge in [0.2, 0.25) is 0 Å². The van der Waals surface area contributed by atoms with E-state index in [0.29, 0.717) is 6.10 Å². The summed E-state index contributed by atoms with van der Waals surface area (Å²) in [7, 11) is 0. The SMILES string of the molecule is CCCCCNCCO[C@@H](C)CC. The minimum atomic E-state index is 0.414. The third-order valence-electron chi connectivity index (χ3n) is 2.21. The number of rotatable bonds is 9. The highest BCUT2D eigenvalue weighted by Gasteiger charge is 1.96. The molecule has 0 amide bonds. The van der Waals surface area contributed by atoms with Crippen LogP contribution in [-0.2, 0) is 4.74 Å². The van der Waals surface area contributed by atoms with E-state index >= 15 is 0 Å². The number of unbranched alkanes of at least 4 members (excludes halogenated alkanes) is 2. The van der Waals surface area contributed by atoms with E-state index in [2.05, 4.69) is 26.1 Å². The van der Waals surface area contributed by atoms with Gasteiger partial charge in [0, 0.05) is 6.54 Å². The molecule has 0 rings (SSSR count). The number of hydrogen-bond donors (Lipinski definition) is 1. The lowest BCUT2D eigenvalue weighted by Crippen LogP contribution is -2.22. The van der Waals surface area contributed by atoms with Crippen LogP contribution in [0.1, 0.15) is 46.5 Å². The van der Waals surface area contributed by atoms with Gasteiger partial charge in [0.15, 0.2) is 0 Å². The quantitative estimate of drug-likeness (QED) is 0.560. The molecule has 1 N–H and O–H groups in total. The van der Waals surface area contributed by atoms with Crippen molar-refractivity contribution in [2.75, 3.05) is 19.7 Å². The minimum Gasteiger partial charge on any atom is -0.377 e. The molecule has 2 heteroatoms. The zero-order chi connectivity index (χ0) is 9.94. The first kappa shape index (κ1) is 12.9. The summed E-state index contributed by atoms with van der Waals surface area (Å²) in [5, 5.41) is 3.37. The Labute approximate surface area is 83.1 Å². The Bertz CT molecular complexity index is 96.1. The van der Waals surface area contributed by atoms with Gasteiger partial charge in [-0.25, -0.2) is 0 Å². The maximum atomic E-state index is 5.54. The third-order valence-corrected chi connectivity index (χ3v) is 2.21. The van der Waals surface area contributed by atoms with Crippen LogP contribution < -0.4 is 5.32 Å². The summed E-state index contributed by atoms with van der Waals surface area (Å²) in [5.74, 6) is 0. The van der Waals surface area contributed by atoms with Gasteiger partial charge in [-0.2, -0.15) is 0 Å². The average Bonchev–Trinajstić information content (AvgIpc) is 2.16. The molecule has 0 aromatic heterocycles. The van der Waals surface area contributed by atoms with Crippen LogP contribution in [0.3, 0.4) is 0 Å². The molecule has 0 heterocycles. The Hall–Kier alpha value is -0.0800. The van der Waals surface area contributed by atoms with Crippen LogP contribution in [-0.4, -0.2) is 25.8 Å². The molecule has 0 aliphatic heterocycles. The lowest BCUT2D eigenvalue weighted by Gasteiger charge is -2.10. The van der Waals surface area contributed by atoms with Crippen molar-refractivity contribution in [3.63, 3.8) is 0 Å². The minimum absolute atomic E-state index is 0.414. The van der Waals surface area contributed by atoms with Gasteiger partial charge in [0.1, 0.15) is 0 Å². The molecule has 0 radical (unpaired) electrons. The summed E-state index contributed by atoms with van der Waals surface area (Å²) in [6.45, 7) is 9.48. The molecule has 0 spiro atoms. The van der Waals surface area contributed by atoms with Crippen molar-refractivity contribution in [1.29, 1.82) is 0 Å². The second-order valence-corrected chi connectivity index (χ2v) is 3.55. The van der Waals surface area contributed by atoms with Crippen LogP contribution in [0.15, 0.2) is 0 Å². The van der Waals surface area contributed by atoms with Gasteiger partial charge in [0.25, 0.3) is 0 Å². The summed E-state index contributed by atoms with van der Waals surface area (Å²) >= 11 is 0. The van der Waals surface area contributed by atoms with Crippen LogP contribution in [0.25, 0.3) is 0 Å². The van der Waals surface area contributed by atoms with Gasteiger partial charge < -0.3 is 10.1 Å². The van der Waals surface area contributed by atoms with Crippen LogP contribution in [0.2, 0.25) is 0 Å². The summed E-state index contributed by atoms with van der Waals surface area (Å²) in [4.78, 5) is 0. The molecular weight excluding hydrogens is 162 g/mol. The highest BCUT2D eigenvalue weighted by molar-refractivity contribution is 4.49. The first-order chi connectivity index (χ1) is 6.31. The van der Waals surface area contributed by atoms with Crippen molar-refractivity contribution in [2.24, 2.45) is 0 Å². The Morgan fingerprint density at radius 2 is 1.92 bits per heavy atom. The van der Waals surface area contributed by atoms with Crippen LogP contribution >= 0.6 is 0 Å². The predicted octanol–water partition coefficient (Wildman–Crippen LogP) is 2.58. The second kappa shape index (κ2) is 10.0. The van der Waals surface area contributed by atoms with Gasteiger partial charge in [-0.1, -0.05) is 26.7 Å². The fourth-order valence-corrected chi connectivity index (χ4v) is 1.08. The standard InChI is InChI=1S/C11H25NO/c1-4-6-7-8-12-9-10-13-11(3)5-2/h11-12H,4-10H2,1-3H3/t11-/m0/s1. The molecule has 13 heavy (non-hydrogen) atoms. The topological polar surface area (TPSA) is 21.3 Å². The van der Waals surface area contributed by atoms with E-state index in [-0.39, 0.29) is 0 Å². The largest absolute Gasteiger partial charge is 0.377 e. The molecule has 0 bridgehead atoms. The number of ether oxygens (including phenoxy) is 1. The van der Waals surface area contributed by atoms with Gasteiger partial charge in [-0.15, -0.1) is 0 Å². The van der Waals surface area contributed by atoms with Gasteiger partial charge >= 0.3 is 0 Å². The molecule has 0 saturated heterocycles. The van der Waals surface area contributed by atoms with E-state index in [1.165, 1.54) is 19.3 Å². The molecule has 1 atom stereocenters. The van der Waals surface area contributed by atoms with Crippen molar-refractivity contribution >= 4 is 0 Å². The molecule has 80 valence electrons. The second-order valence-electron chi connectivity index (χ2n) is 3.55. The van der Waals surface area contributed by atoms with Crippen molar-refractivity contribution in [3.05, 3.63) is 0 Å². The molecule has 2 nitrogen and oxygen atoms in total. The molecule has 0 aliphatic rings. The molecule has 0 aliphatic carbocycles. The monoisotopic (exact) mass is 187 g/mol. The number of hydrogen-bond acceptors (Lipinski definition) is 2. The Balaban J connectivity index is 2.91. The fourth-order valence-electron chi connectivity index (χ4n) is 1.08. The summed E-state index contributed by atoms with van der Waals surface area (Å²) in [6, 6.07) is 0. The predicted molar refractivity (Wildman–Crippen MR) is 58.1 cm³/mol. The zero-order valence-corrected chi connectivity index (χ0v) is 9.44.